The first-order valence-electron chi connectivity index (χ1n) is 6.32. The van der Waals surface area contributed by atoms with Crippen molar-refractivity contribution < 1.29 is 9.53 Å². The highest BCUT2D eigenvalue weighted by molar-refractivity contribution is 7.10. The van der Waals surface area contributed by atoms with Crippen molar-refractivity contribution >= 4 is 40.0 Å². The number of nitrogens with zero attached hydrogens (tertiary/aromatic N) is 3. The zero-order valence-electron chi connectivity index (χ0n) is 11.2. The molecule has 0 saturated carbocycles. The Morgan fingerprint density at radius 2 is 2.24 bits per heavy atom. The molecule has 3 aromatic rings. The van der Waals surface area contributed by atoms with Gasteiger partial charge in [-0.15, -0.1) is 5.10 Å². The maximum absolute atomic E-state index is 12.0. The van der Waals surface area contributed by atoms with Crippen molar-refractivity contribution in [2.24, 2.45) is 0 Å². The Morgan fingerprint density at radius 1 is 1.43 bits per heavy atom. The fourth-order valence-corrected chi connectivity index (χ4v) is 2.77. The molecule has 0 fully saturated rings. The molecule has 0 unspecified atom stereocenters. The molecule has 0 atom stereocenters. The summed E-state index contributed by atoms with van der Waals surface area (Å²) < 4.78 is 11.3. The van der Waals surface area contributed by atoms with Gasteiger partial charge in [0.15, 0.2) is 0 Å². The molecule has 0 aliphatic heterocycles. The number of carbonyl (C=O) groups excluding carboxylic acids is 1. The van der Waals surface area contributed by atoms with E-state index >= 15 is 0 Å². The van der Waals surface area contributed by atoms with Gasteiger partial charge in [0.25, 0.3) is 0 Å². The lowest BCUT2D eigenvalue weighted by molar-refractivity contribution is -0.145. The van der Waals surface area contributed by atoms with Crippen LogP contribution in [0.1, 0.15) is 11.4 Å². The van der Waals surface area contributed by atoms with Crippen LogP contribution in [0, 0.1) is 6.92 Å². The Morgan fingerprint density at radius 3 is 3.00 bits per heavy atom. The molecule has 0 aliphatic rings. The minimum atomic E-state index is -0.330. The van der Waals surface area contributed by atoms with E-state index in [2.05, 4.69) is 9.59 Å². The van der Waals surface area contributed by atoms with E-state index < -0.39 is 0 Å². The topological polar surface area (TPSA) is 57.0 Å². The average molecular weight is 322 g/mol. The molecule has 0 saturated heterocycles. The number of aromatic nitrogens is 3. The van der Waals surface area contributed by atoms with Crippen LogP contribution in [-0.4, -0.2) is 20.1 Å². The summed E-state index contributed by atoms with van der Waals surface area (Å²) in [5.41, 5.74) is 2.52. The maximum Gasteiger partial charge on any atom is 0.326 e. The summed E-state index contributed by atoms with van der Waals surface area (Å²) in [6.07, 6.45) is 0. The molecule has 0 spiro atoms. The van der Waals surface area contributed by atoms with Crippen LogP contribution in [0.4, 0.5) is 0 Å². The fourth-order valence-electron chi connectivity index (χ4n) is 2.16. The number of halogens is 1. The second kappa shape index (κ2) is 5.83. The molecule has 1 aromatic carbocycles. The third kappa shape index (κ3) is 2.91. The van der Waals surface area contributed by atoms with E-state index in [1.165, 1.54) is 0 Å². The van der Waals surface area contributed by atoms with Crippen LogP contribution in [0.25, 0.3) is 10.9 Å². The third-order valence-corrected chi connectivity index (χ3v) is 4.17. The summed E-state index contributed by atoms with van der Waals surface area (Å²) in [5, 5.41) is 4.91. The Kier molecular flexibility index (Phi) is 3.90. The number of aryl methyl sites for hydroxylation is 1. The SMILES string of the molecule is Cc1cc2ccccc2n1CC(=O)OCc1nnsc1Cl. The van der Waals surface area contributed by atoms with Crippen LogP contribution in [-0.2, 0) is 22.7 Å². The van der Waals surface area contributed by atoms with Gasteiger partial charge in [0.1, 0.15) is 23.2 Å². The van der Waals surface area contributed by atoms with Gasteiger partial charge in [-0.05, 0) is 24.4 Å². The van der Waals surface area contributed by atoms with E-state index in [1.54, 1.807) is 0 Å². The second-order valence-corrected chi connectivity index (χ2v) is 5.94. The molecule has 0 amide bonds. The lowest BCUT2D eigenvalue weighted by Gasteiger charge is -2.08. The molecule has 3 rings (SSSR count). The van der Waals surface area contributed by atoms with Crippen molar-refractivity contribution in [2.45, 2.75) is 20.1 Å². The van der Waals surface area contributed by atoms with Crippen molar-refractivity contribution in [2.75, 3.05) is 0 Å². The predicted molar refractivity (Wildman–Crippen MR) is 81.4 cm³/mol. The van der Waals surface area contributed by atoms with E-state index in [-0.39, 0.29) is 19.1 Å². The number of hydrogen-bond acceptors (Lipinski definition) is 5. The van der Waals surface area contributed by atoms with Crippen molar-refractivity contribution in [3.8, 4) is 0 Å². The van der Waals surface area contributed by atoms with Crippen molar-refractivity contribution in [3.63, 3.8) is 0 Å². The van der Waals surface area contributed by atoms with Gasteiger partial charge in [-0.25, -0.2) is 0 Å². The summed E-state index contributed by atoms with van der Waals surface area (Å²) in [4.78, 5) is 12.0. The Hall–Kier alpha value is -1.92. The van der Waals surface area contributed by atoms with E-state index in [1.807, 2.05) is 41.8 Å². The molecule has 0 bridgehead atoms. The van der Waals surface area contributed by atoms with Gasteiger partial charge < -0.3 is 9.30 Å². The first-order chi connectivity index (χ1) is 10.1. The van der Waals surface area contributed by atoms with Crippen LogP contribution >= 0.6 is 23.1 Å². The standard InChI is InChI=1S/C14H12ClN3O2S/c1-9-6-10-4-2-3-5-12(10)18(9)7-13(19)20-8-11-14(15)21-17-16-11/h2-6H,7-8H2,1H3. The van der Waals surface area contributed by atoms with Crippen LogP contribution in [0.5, 0.6) is 0 Å². The van der Waals surface area contributed by atoms with Gasteiger partial charge in [0, 0.05) is 22.7 Å². The van der Waals surface area contributed by atoms with Crippen LogP contribution in [0.2, 0.25) is 4.34 Å². The van der Waals surface area contributed by atoms with E-state index in [4.69, 9.17) is 16.3 Å². The number of esters is 1. The molecule has 108 valence electrons. The number of ether oxygens (including phenoxy) is 1. The molecule has 0 radical (unpaired) electrons. The van der Waals surface area contributed by atoms with Crippen molar-refractivity contribution in [1.29, 1.82) is 0 Å². The third-order valence-electron chi connectivity index (χ3n) is 3.18. The number of benzene rings is 1. The highest BCUT2D eigenvalue weighted by Crippen LogP contribution is 2.20. The van der Waals surface area contributed by atoms with Gasteiger partial charge in [-0.3, -0.25) is 4.79 Å². The van der Waals surface area contributed by atoms with Crippen LogP contribution < -0.4 is 0 Å². The van der Waals surface area contributed by atoms with Crippen molar-refractivity contribution in [1.82, 2.24) is 14.2 Å². The quantitative estimate of drug-likeness (QED) is 0.692. The smallest absolute Gasteiger partial charge is 0.326 e. The molecule has 2 aromatic heterocycles. The number of fused-ring (bicyclic) bond motifs is 1. The number of para-hydroxylation sites is 1. The lowest BCUT2D eigenvalue weighted by Crippen LogP contribution is -2.14. The van der Waals surface area contributed by atoms with Crippen molar-refractivity contribution in [3.05, 3.63) is 46.1 Å². The first-order valence-corrected chi connectivity index (χ1v) is 7.47. The highest BCUT2D eigenvalue weighted by atomic mass is 35.5. The molecule has 0 aliphatic carbocycles. The minimum Gasteiger partial charge on any atom is -0.458 e. The molecule has 21 heavy (non-hydrogen) atoms. The summed E-state index contributed by atoms with van der Waals surface area (Å²) in [7, 11) is 0. The zero-order chi connectivity index (χ0) is 14.8. The van der Waals surface area contributed by atoms with Crippen LogP contribution in [0.3, 0.4) is 0 Å². The molecule has 5 nitrogen and oxygen atoms in total. The summed E-state index contributed by atoms with van der Waals surface area (Å²) in [5.74, 6) is -0.330. The maximum atomic E-state index is 12.0. The van der Waals surface area contributed by atoms with E-state index in [0.29, 0.717) is 10.0 Å². The summed E-state index contributed by atoms with van der Waals surface area (Å²) in [6, 6.07) is 9.97. The Labute approximate surface area is 130 Å². The van der Waals surface area contributed by atoms with Gasteiger partial charge in [-0.2, -0.15) is 0 Å². The van der Waals surface area contributed by atoms with Gasteiger partial charge in [0.05, 0.1) is 0 Å². The molecule has 7 heteroatoms. The zero-order valence-corrected chi connectivity index (χ0v) is 12.8. The van der Waals surface area contributed by atoms with Gasteiger partial charge in [0.2, 0.25) is 0 Å². The minimum absolute atomic E-state index is 0.0480. The highest BCUT2D eigenvalue weighted by Gasteiger charge is 2.12. The first kappa shape index (κ1) is 14.0. The molecular formula is C14H12ClN3O2S. The molecule has 2 heterocycles. The second-order valence-electron chi connectivity index (χ2n) is 4.58. The fraction of sp³-hybridized carbons (Fsp3) is 0.214. The van der Waals surface area contributed by atoms with E-state index in [9.17, 15) is 4.79 Å². The largest absolute Gasteiger partial charge is 0.458 e. The number of rotatable bonds is 4. The normalized spacial score (nSPS) is 11.0. The predicted octanol–water partition coefficient (Wildman–Crippen LogP) is 3.20. The molecule has 0 N–H and O–H groups in total. The van der Waals surface area contributed by atoms with Crippen LogP contribution in [0.15, 0.2) is 30.3 Å². The van der Waals surface area contributed by atoms with E-state index in [0.717, 1.165) is 28.1 Å². The number of hydrogen-bond donors (Lipinski definition) is 0. The number of carbonyl (C=O) groups is 1. The Balaban J connectivity index is 1.72. The summed E-state index contributed by atoms with van der Waals surface area (Å²) >= 11 is 6.94. The lowest BCUT2D eigenvalue weighted by atomic mass is 10.2. The van der Waals surface area contributed by atoms with Gasteiger partial charge in [-0.1, -0.05) is 34.3 Å². The average Bonchev–Trinajstić information content (AvgIpc) is 3.01. The summed E-state index contributed by atoms with van der Waals surface area (Å²) in [6.45, 7) is 2.18. The Bertz CT molecular complexity index is 796. The monoisotopic (exact) mass is 321 g/mol. The van der Waals surface area contributed by atoms with Gasteiger partial charge >= 0.3 is 5.97 Å². The molecular weight excluding hydrogens is 310 g/mol.